The first-order chi connectivity index (χ1) is 14.0. The second kappa shape index (κ2) is 9.38. The Bertz CT molecular complexity index is 1040. The van der Waals surface area contributed by atoms with Crippen LogP contribution in [0.5, 0.6) is 5.75 Å². The van der Waals surface area contributed by atoms with Gasteiger partial charge in [0.2, 0.25) is 21.8 Å². The van der Waals surface area contributed by atoms with Crippen molar-refractivity contribution in [1.29, 1.82) is 0 Å². The number of para-hydroxylation sites is 1. The Morgan fingerprint density at radius 1 is 1.10 bits per heavy atom. The topological polar surface area (TPSA) is 94.3 Å². The highest BCUT2D eigenvalue weighted by Gasteiger charge is 2.43. The van der Waals surface area contributed by atoms with E-state index in [1.165, 1.54) is 17.0 Å². The van der Waals surface area contributed by atoms with E-state index in [-0.39, 0.29) is 5.41 Å². The van der Waals surface area contributed by atoms with E-state index in [1.807, 2.05) is 42.5 Å². The molecule has 2 aromatic carbocycles. The summed E-state index contributed by atoms with van der Waals surface area (Å²) >= 11 is 0. The second-order valence-corrected chi connectivity index (χ2v) is 8.28. The third-order valence-electron chi connectivity index (χ3n) is 4.94. The zero-order chi connectivity index (χ0) is 22.5. The van der Waals surface area contributed by atoms with E-state index in [9.17, 15) is 13.0 Å². The standard InChI is InChI=1S/C20H24N3O.CH4O4S/c1-20(2)17-8-6-7-9-18(17)22(3)19(20)14-21-23(4)15-10-12-16(24-5)13-11-15;1-5-6(2,3)4/h6-14H,1-5H3;1H3,(H,2,3,4)/q+1;/p-1. The fraction of sp³-hybridized carbons (Fsp3) is 0.333. The van der Waals surface area contributed by atoms with E-state index in [1.54, 1.807) is 7.11 Å². The minimum absolute atomic E-state index is 0.0599. The number of benzene rings is 2. The van der Waals surface area contributed by atoms with E-state index in [0.717, 1.165) is 18.5 Å². The summed E-state index contributed by atoms with van der Waals surface area (Å²) in [5, 5.41) is 6.52. The van der Waals surface area contributed by atoms with Crippen LogP contribution >= 0.6 is 0 Å². The van der Waals surface area contributed by atoms with Crippen molar-refractivity contribution in [3.05, 3.63) is 54.1 Å². The molecular formula is C21H27N3O5S. The minimum atomic E-state index is -4.41. The molecule has 0 fully saturated rings. The molecule has 0 bridgehead atoms. The smallest absolute Gasteiger partial charge is 0.217 e. The highest BCUT2D eigenvalue weighted by Crippen LogP contribution is 2.38. The van der Waals surface area contributed by atoms with E-state index in [0.29, 0.717) is 0 Å². The molecule has 8 nitrogen and oxygen atoms in total. The molecule has 0 saturated carbocycles. The summed E-state index contributed by atoms with van der Waals surface area (Å²) in [6, 6.07) is 16.4. The number of ether oxygens (including phenoxy) is 1. The predicted molar refractivity (Wildman–Crippen MR) is 117 cm³/mol. The first kappa shape index (κ1) is 23.5. The van der Waals surface area contributed by atoms with Gasteiger partial charge in [-0.1, -0.05) is 18.2 Å². The fourth-order valence-electron chi connectivity index (χ4n) is 3.24. The van der Waals surface area contributed by atoms with E-state index in [4.69, 9.17) is 4.74 Å². The molecule has 0 spiro atoms. The molecule has 30 heavy (non-hydrogen) atoms. The molecule has 2 aromatic rings. The van der Waals surface area contributed by atoms with Crippen molar-refractivity contribution in [3.63, 3.8) is 0 Å². The summed E-state index contributed by atoms with van der Waals surface area (Å²) < 4.78 is 38.4. The monoisotopic (exact) mass is 433 g/mol. The number of hydrazone groups is 1. The Morgan fingerprint density at radius 2 is 1.67 bits per heavy atom. The zero-order valence-corrected chi connectivity index (χ0v) is 18.8. The number of methoxy groups -OCH3 is 1. The summed E-state index contributed by atoms with van der Waals surface area (Å²) in [7, 11) is 2.12. The predicted octanol–water partition coefficient (Wildman–Crippen LogP) is 2.92. The van der Waals surface area contributed by atoms with Crippen LogP contribution in [-0.2, 0) is 20.0 Å². The summed E-state index contributed by atoms with van der Waals surface area (Å²) in [5.74, 6) is 0.845. The van der Waals surface area contributed by atoms with Crippen LogP contribution in [0.2, 0.25) is 0 Å². The first-order valence-electron chi connectivity index (χ1n) is 9.15. The van der Waals surface area contributed by atoms with Crippen LogP contribution in [0, 0.1) is 0 Å². The van der Waals surface area contributed by atoms with E-state index in [2.05, 4.69) is 59.0 Å². The Kier molecular flexibility index (Phi) is 7.35. The lowest BCUT2D eigenvalue weighted by atomic mass is 9.82. The molecule has 0 N–H and O–H groups in total. The summed E-state index contributed by atoms with van der Waals surface area (Å²) in [6.07, 6.45) is 1.96. The lowest BCUT2D eigenvalue weighted by Gasteiger charge is -2.16. The molecule has 0 atom stereocenters. The maximum Gasteiger partial charge on any atom is 0.217 e. The van der Waals surface area contributed by atoms with Crippen LogP contribution in [-0.4, -0.2) is 57.8 Å². The summed E-state index contributed by atoms with van der Waals surface area (Å²) in [6.45, 7) is 4.48. The van der Waals surface area contributed by atoms with Gasteiger partial charge in [-0.15, -0.1) is 0 Å². The average Bonchev–Trinajstić information content (AvgIpc) is 2.92. The van der Waals surface area contributed by atoms with Crippen LogP contribution < -0.4 is 9.75 Å². The van der Waals surface area contributed by atoms with Gasteiger partial charge in [-0.05, 0) is 38.1 Å². The average molecular weight is 434 g/mol. The quantitative estimate of drug-likeness (QED) is 0.237. The van der Waals surface area contributed by atoms with Crippen molar-refractivity contribution in [3.8, 4) is 5.75 Å². The van der Waals surface area contributed by atoms with Crippen molar-refractivity contribution in [2.75, 3.05) is 33.3 Å². The number of anilines is 1. The maximum absolute atomic E-state index is 9.22. The molecule has 1 aliphatic rings. The first-order valence-corrected chi connectivity index (χ1v) is 10.5. The molecule has 0 saturated heterocycles. The van der Waals surface area contributed by atoms with E-state index >= 15 is 0 Å². The lowest BCUT2D eigenvalue weighted by molar-refractivity contribution is -0.400. The molecule has 0 aliphatic carbocycles. The molecule has 3 rings (SSSR count). The van der Waals surface area contributed by atoms with Gasteiger partial charge >= 0.3 is 0 Å². The van der Waals surface area contributed by atoms with Crippen molar-refractivity contribution in [1.82, 2.24) is 0 Å². The Hall–Kier alpha value is -2.75. The van der Waals surface area contributed by atoms with Crippen LogP contribution in [0.3, 0.4) is 0 Å². The SMILES string of the molecule is COS(=O)(=O)[O-].COc1ccc(N(C)/N=C/C2=[N+](C)c3ccccc3C2(C)C)cc1. The summed E-state index contributed by atoms with van der Waals surface area (Å²) in [4.78, 5) is 0. The molecule has 162 valence electrons. The zero-order valence-electron chi connectivity index (χ0n) is 18.0. The van der Waals surface area contributed by atoms with Crippen molar-refractivity contribution < 1.29 is 26.5 Å². The Morgan fingerprint density at radius 3 is 2.17 bits per heavy atom. The molecule has 0 aromatic heterocycles. The number of fused-ring (bicyclic) bond motifs is 1. The van der Waals surface area contributed by atoms with Gasteiger partial charge in [-0.2, -0.15) is 9.68 Å². The van der Waals surface area contributed by atoms with Gasteiger partial charge in [0.25, 0.3) is 0 Å². The van der Waals surface area contributed by atoms with E-state index < -0.39 is 10.4 Å². The number of hydrogen-bond acceptors (Lipinski definition) is 7. The van der Waals surface area contributed by atoms with Gasteiger partial charge in [0.1, 0.15) is 19.0 Å². The lowest BCUT2D eigenvalue weighted by Crippen LogP contribution is -2.30. The molecular weight excluding hydrogens is 406 g/mol. The largest absolute Gasteiger partial charge is 0.726 e. The van der Waals surface area contributed by atoms with Crippen LogP contribution in [0.1, 0.15) is 19.4 Å². The van der Waals surface area contributed by atoms with Gasteiger partial charge < -0.3 is 9.29 Å². The Balaban J connectivity index is 0.000000469. The van der Waals surface area contributed by atoms with Crippen LogP contribution in [0.4, 0.5) is 11.4 Å². The molecule has 1 aliphatic heterocycles. The molecule has 0 amide bonds. The third kappa shape index (κ3) is 5.44. The van der Waals surface area contributed by atoms with Crippen molar-refractivity contribution >= 4 is 33.7 Å². The number of rotatable bonds is 5. The van der Waals surface area contributed by atoms with Gasteiger partial charge in [0, 0.05) is 18.7 Å². The normalized spacial score (nSPS) is 14.9. The van der Waals surface area contributed by atoms with Gasteiger partial charge in [-0.25, -0.2) is 8.42 Å². The highest BCUT2D eigenvalue weighted by molar-refractivity contribution is 7.80. The van der Waals surface area contributed by atoms with Crippen molar-refractivity contribution in [2.24, 2.45) is 5.10 Å². The van der Waals surface area contributed by atoms with Gasteiger partial charge in [0.15, 0.2) is 0 Å². The number of nitrogens with zero attached hydrogens (tertiary/aromatic N) is 3. The molecule has 9 heteroatoms. The number of hydrogen-bond donors (Lipinski definition) is 0. The van der Waals surface area contributed by atoms with Crippen LogP contribution in [0.15, 0.2) is 53.6 Å². The maximum atomic E-state index is 9.22. The highest BCUT2D eigenvalue weighted by atomic mass is 32.3. The van der Waals surface area contributed by atoms with Gasteiger partial charge in [0.05, 0.1) is 25.3 Å². The minimum Gasteiger partial charge on any atom is -0.726 e. The van der Waals surface area contributed by atoms with Crippen molar-refractivity contribution in [2.45, 2.75) is 19.3 Å². The molecule has 0 unspecified atom stereocenters. The molecule has 0 radical (unpaired) electrons. The third-order valence-corrected chi connectivity index (χ3v) is 5.35. The summed E-state index contributed by atoms with van der Waals surface area (Å²) in [5.41, 5.74) is 4.72. The van der Waals surface area contributed by atoms with Gasteiger partial charge in [-0.3, -0.25) is 9.19 Å². The molecule has 1 heterocycles. The van der Waals surface area contributed by atoms with Crippen LogP contribution in [0.25, 0.3) is 0 Å². The Labute approximate surface area is 178 Å². The fourth-order valence-corrected chi connectivity index (χ4v) is 3.24. The second-order valence-electron chi connectivity index (χ2n) is 7.13.